The van der Waals surface area contributed by atoms with E-state index in [2.05, 4.69) is 45.0 Å². The molecule has 0 spiro atoms. The zero-order valence-electron chi connectivity index (χ0n) is 20.0. The lowest BCUT2D eigenvalue weighted by Gasteiger charge is -2.42. The zero-order valence-corrected chi connectivity index (χ0v) is 21.0. The van der Waals surface area contributed by atoms with E-state index in [4.69, 9.17) is 13.9 Å². The number of ether oxygens (including phenoxy) is 2. The maximum atomic E-state index is 12.8. The molecule has 0 aliphatic carbocycles. The third kappa shape index (κ3) is 6.19. The molecule has 0 fully saturated rings. The summed E-state index contributed by atoms with van der Waals surface area (Å²) in [6, 6.07) is 28.5. The van der Waals surface area contributed by atoms with Gasteiger partial charge < -0.3 is 13.9 Å². The summed E-state index contributed by atoms with van der Waals surface area (Å²) < 4.78 is 17.6. The van der Waals surface area contributed by atoms with Gasteiger partial charge in [-0.1, -0.05) is 93.6 Å². The Kier molecular flexibility index (Phi) is 8.61. The minimum absolute atomic E-state index is 0.0534. The average Bonchev–Trinajstić information content (AvgIpc) is 2.83. The molecule has 0 bridgehead atoms. The van der Waals surface area contributed by atoms with Crippen LogP contribution in [0.3, 0.4) is 0 Å². The van der Waals surface area contributed by atoms with Gasteiger partial charge in [0.25, 0.3) is 8.32 Å². The number of benzene rings is 3. The fourth-order valence-corrected chi connectivity index (χ4v) is 8.65. The van der Waals surface area contributed by atoms with E-state index < -0.39 is 8.32 Å². The van der Waals surface area contributed by atoms with Crippen LogP contribution < -0.4 is 15.1 Å². The molecule has 33 heavy (non-hydrogen) atoms. The fourth-order valence-electron chi connectivity index (χ4n) is 4.12. The topological polar surface area (TPSA) is 44.8 Å². The number of carbonyl (C=O) groups is 1. The van der Waals surface area contributed by atoms with Crippen LogP contribution in [0.15, 0.2) is 84.9 Å². The second-order valence-electron chi connectivity index (χ2n) is 9.14. The molecule has 5 heteroatoms. The van der Waals surface area contributed by atoms with Gasteiger partial charge >= 0.3 is 0 Å². The number of Topliss-reactive ketones (excluding diaryl/α,β-unsaturated/α-hetero) is 1. The fraction of sp³-hybridized carbons (Fsp3) is 0.321. The monoisotopic (exact) mass is 462 g/mol. The number of ketones is 1. The number of rotatable bonds is 11. The van der Waals surface area contributed by atoms with E-state index in [1.165, 1.54) is 10.4 Å². The van der Waals surface area contributed by atoms with Gasteiger partial charge in [0.2, 0.25) is 0 Å². The van der Waals surface area contributed by atoms with Crippen molar-refractivity contribution in [3.05, 3.63) is 90.5 Å². The Hall–Kier alpha value is -2.73. The van der Waals surface area contributed by atoms with E-state index >= 15 is 0 Å². The molecule has 0 amide bonds. The van der Waals surface area contributed by atoms with E-state index in [-0.39, 0.29) is 17.4 Å². The van der Waals surface area contributed by atoms with Crippen molar-refractivity contribution in [2.75, 3.05) is 20.3 Å². The van der Waals surface area contributed by atoms with Crippen molar-refractivity contribution < 1.29 is 18.7 Å². The van der Waals surface area contributed by atoms with Crippen LogP contribution in [0.2, 0.25) is 5.04 Å². The molecule has 0 saturated carbocycles. The molecule has 0 atom stereocenters. The standard InChI is InChI=1S/C28H34O4Si/c1-28(2,3)33(26-11-7-5-8-12-26,27-13-9-6-10-14-27)32-22-24(29)19-20-31-21-23-15-17-25(30-4)18-16-23/h5-18H,19-22H2,1-4H3. The van der Waals surface area contributed by atoms with Crippen molar-refractivity contribution in [1.29, 1.82) is 0 Å². The molecule has 0 aromatic heterocycles. The van der Waals surface area contributed by atoms with Gasteiger partial charge in [-0.15, -0.1) is 0 Å². The summed E-state index contributed by atoms with van der Waals surface area (Å²) in [6.45, 7) is 7.55. The quantitative estimate of drug-likeness (QED) is 0.305. The van der Waals surface area contributed by atoms with Gasteiger partial charge in [0.1, 0.15) is 5.75 Å². The van der Waals surface area contributed by atoms with Gasteiger partial charge in [-0.05, 0) is 33.1 Å². The summed E-state index contributed by atoms with van der Waals surface area (Å²) >= 11 is 0. The molecule has 0 aliphatic heterocycles. The first-order chi connectivity index (χ1) is 15.9. The van der Waals surface area contributed by atoms with Crippen LogP contribution in [0.4, 0.5) is 0 Å². The van der Waals surface area contributed by atoms with Crippen molar-refractivity contribution in [2.24, 2.45) is 0 Å². The summed E-state index contributed by atoms with van der Waals surface area (Å²) in [4.78, 5) is 12.8. The van der Waals surface area contributed by atoms with Crippen molar-refractivity contribution in [2.45, 2.75) is 38.8 Å². The molecule has 0 heterocycles. The molecule has 3 aromatic rings. The molecule has 0 aliphatic rings. The summed E-state index contributed by atoms with van der Waals surface area (Å²) in [5, 5.41) is 2.19. The predicted octanol–water partition coefficient (Wildman–Crippen LogP) is 4.75. The lowest BCUT2D eigenvalue weighted by Crippen LogP contribution is -2.67. The first-order valence-electron chi connectivity index (χ1n) is 11.3. The minimum Gasteiger partial charge on any atom is -0.497 e. The summed E-state index contributed by atoms with van der Waals surface area (Å²) in [6.07, 6.45) is 0.328. The van der Waals surface area contributed by atoms with Crippen LogP contribution in [-0.4, -0.2) is 34.4 Å². The summed E-state index contributed by atoms with van der Waals surface area (Å²) in [5.41, 5.74) is 1.05. The maximum Gasteiger partial charge on any atom is 0.261 e. The third-order valence-electron chi connectivity index (χ3n) is 5.82. The smallest absolute Gasteiger partial charge is 0.261 e. The first-order valence-corrected chi connectivity index (χ1v) is 13.2. The number of carbonyl (C=O) groups excluding carboxylic acids is 1. The number of hydrogen-bond acceptors (Lipinski definition) is 4. The molecule has 174 valence electrons. The molecule has 0 saturated heterocycles. The highest BCUT2D eigenvalue weighted by atomic mass is 28.4. The van der Waals surface area contributed by atoms with Crippen LogP contribution in [0, 0.1) is 0 Å². The molecule has 0 radical (unpaired) electrons. The van der Waals surface area contributed by atoms with E-state index in [0.717, 1.165) is 11.3 Å². The van der Waals surface area contributed by atoms with Gasteiger partial charge in [-0.3, -0.25) is 4.79 Å². The molecule has 0 unspecified atom stereocenters. The van der Waals surface area contributed by atoms with E-state index in [1.807, 2.05) is 60.7 Å². The van der Waals surface area contributed by atoms with Gasteiger partial charge in [0.05, 0.1) is 26.9 Å². The van der Waals surface area contributed by atoms with Crippen LogP contribution in [-0.2, 0) is 20.6 Å². The highest BCUT2D eigenvalue weighted by Gasteiger charge is 2.50. The Morgan fingerprint density at radius 1 is 0.818 bits per heavy atom. The zero-order chi connectivity index (χ0) is 23.7. The Bertz CT molecular complexity index is 956. The molecular weight excluding hydrogens is 428 g/mol. The Morgan fingerprint density at radius 2 is 1.36 bits per heavy atom. The summed E-state index contributed by atoms with van der Waals surface area (Å²) in [5.74, 6) is 0.868. The number of hydrogen-bond donors (Lipinski definition) is 0. The Labute approximate surface area is 198 Å². The van der Waals surface area contributed by atoms with E-state index in [0.29, 0.717) is 19.6 Å². The Balaban J connectivity index is 1.66. The van der Waals surface area contributed by atoms with Crippen LogP contribution >= 0.6 is 0 Å². The summed E-state index contributed by atoms with van der Waals surface area (Å²) in [7, 11) is -1.05. The van der Waals surface area contributed by atoms with Gasteiger partial charge in [-0.2, -0.15) is 0 Å². The minimum atomic E-state index is -2.69. The molecule has 0 N–H and O–H groups in total. The van der Waals surface area contributed by atoms with E-state index in [1.54, 1.807) is 7.11 Å². The second kappa shape index (κ2) is 11.4. The lowest BCUT2D eigenvalue weighted by molar-refractivity contribution is -0.122. The van der Waals surface area contributed by atoms with Gasteiger partial charge in [0, 0.05) is 6.42 Å². The largest absolute Gasteiger partial charge is 0.497 e. The van der Waals surface area contributed by atoms with Gasteiger partial charge in [0.15, 0.2) is 5.78 Å². The Morgan fingerprint density at radius 3 is 1.85 bits per heavy atom. The first kappa shape index (κ1) is 24.9. The van der Waals surface area contributed by atoms with Crippen molar-refractivity contribution >= 4 is 24.5 Å². The van der Waals surface area contributed by atoms with Crippen LogP contribution in [0.5, 0.6) is 5.75 Å². The molecule has 4 nitrogen and oxygen atoms in total. The molecular formula is C28H34O4Si. The van der Waals surface area contributed by atoms with Crippen molar-refractivity contribution in [3.63, 3.8) is 0 Å². The lowest BCUT2D eigenvalue weighted by atomic mass is 10.2. The molecule has 3 aromatic carbocycles. The second-order valence-corrected chi connectivity index (χ2v) is 13.4. The van der Waals surface area contributed by atoms with E-state index in [9.17, 15) is 4.79 Å². The van der Waals surface area contributed by atoms with Crippen LogP contribution in [0.1, 0.15) is 32.8 Å². The SMILES string of the molecule is COc1ccc(COCCC(=O)CO[Si](c2ccccc2)(c2ccccc2)C(C)(C)C)cc1. The van der Waals surface area contributed by atoms with Crippen LogP contribution in [0.25, 0.3) is 0 Å². The predicted molar refractivity (Wildman–Crippen MR) is 136 cm³/mol. The normalized spacial score (nSPS) is 11.9. The van der Waals surface area contributed by atoms with Gasteiger partial charge in [-0.25, -0.2) is 0 Å². The maximum absolute atomic E-state index is 12.8. The van der Waals surface area contributed by atoms with Crippen molar-refractivity contribution in [3.8, 4) is 5.75 Å². The highest BCUT2D eigenvalue weighted by Crippen LogP contribution is 2.36. The third-order valence-corrected chi connectivity index (χ3v) is 10.8. The van der Waals surface area contributed by atoms with Crippen molar-refractivity contribution in [1.82, 2.24) is 0 Å². The molecule has 3 rings (SSSR count). The highest BCUT2D eigenvalue weighted by molar-refractivity contribution is 6.99. The number of methoxy groups -OCH3 is 1. The average molecular weight is 463 g/mol.